The number of esters is 1. The third kappa shape index (κ3) is 5.57. The van der Waals surface area contributed by atoms with E-state index in [2.05, 4.69) is 42.0 Å². The Labute approximate surface area is 259 Å². The second-order valence-electron chi connectivity index (χ2n) is 12.1. The van der Waals surface area contributed by atoms with Crippen LogP contribution >= 0.6 is 23.2 Å². The SMILES string of the molecule is CNc1cc(C(=O)OC)ccc1NC(=O)[C@H]1CC2(C(=O)Nc3cc(Cl)cc(-c4cccc(Cl)c4F)c32)[C@H](CC(C)(C)C)N1. The van der Waals surface area contributed by atoms with E-state index in [1.54, 1.807) is 49.5 Å². The Morgan fingerprint density at radius 1 is 1.09 bits per heavy atom. The maximum Gasteiger partial charge on any atom is 0.337 e. The number of hydrogen-bond acceptors (Lipinski definition) is 6. The number of carbonyl (C=O) groups is 3. The first kappa shape index (κ1) is 30.8. The van der Waals surface area contributed by atoms with Gasteiger partial charge in [0.15, 0.2) is 0 Å². The van der Waals surface area contributed by atoms with Gasteiger partial charge >= 0.3 is 5.97 Å². The smallest absolute Gasteiger partial charge is 0.337 e. The van der Waals surface area contributed by atoms with Gasteiger partial charge < -0.3 is 26.0 Å². The maximum absolute atomic E-state index is 15.5. The van der Waals surface area contributed by atoms with Gasteiger partial charge in [-0.15, -0.1) is 0 Å². The van der Waals surface area contributed by atoms with Crippen molar-refractivity contribution in [3.63, 3.8) is 0 Å². The van der Waals surface area contributed by atoms with E-state index < -0.39 is 29.3 Å². The molecular weight excluding hydrogens is 594 g/mol. The van der Waals surface area contributed by atoms with Crippen molar-refractivity contribution in [2.75, 3.05) is 30.1 Å². The Balaban J connectivity index is 1.59. The molecule has 43 heavy (non-hydrogen) atoms. The molecule has 11 heteroatoms. The molecule has 3 aromatic carbocycles. The molecule has 2 heterocycles. The number of halogens is 3. The minimum Gasteiger partial charge on any atom is -0.465 e. The Kier molecular flexibility index (Phi) is 8.19. The fourth-order valence-electron chi connectivity index (χ4n) is 6.23. The number of methoxy groups -OCH3 is 1. The van der Waals surface area contributed by atoms with Crippen LogP contribution in [-0.4, -0.2) is 44.0 Å². The molecule has 5 rings (SSSR count). The summed E-state index contributed by atoms with van der Waals surface area (Å²) in [5.74, 6) is -1.77. The number of benzene rings is 3. The standard InChI is InChI=1S/C32H33Cl2FN4O4/c1-31(2,3)15-25-32(14-24(37-25)28(40)38-21-10-9-16(29(41)43-5)11-22(21)36-4)26-19(18-7-6-8-20(34)27(18)35)12-17(33)13-23(26)39-30(32)42/h6-13,24-25,36-37H,14-15H2,1-5H3,(H,38,40)(H,39,42)/t24-,25+,32?/m1/s1. The topological polar surface area (TPSA) is 109 Å². The highest BCUT2D eigenvalue weighted by atomic mass is 35.5. The molecule has 2 aliphatic rings. The highest BCUT2D eigenvalue weighted by molar-refractivity contribution is 6.32. The summed E-state index contributed by atoms with van der Waals surface area (Å²) in [5.41, 5.74) is 1.59. The number of rotatable bonds is 6. The summed E-state index contributed by atoms with van der Waals surface area (Å²) in [6.07, 6.45) is 0.656. The zero-order valence-electron chi connectivity index (χ0n) is 24.5. The van der Waals surface area contributed by atoms with E-state index in [1.165, 1.54) is 13.2 Å². The van der Waals surface area contributed by atoms with Gasteiger partial charge in [-0.1, -0.05) is 56.1 Å². The Bertz CT molecular complexity index is 1640. The van der Waals surface area contributed by atoms with Crippen molar-refractivity contribution in [2.45, 2.75) is 51.1 Å². The molecule has 1 unspecified atom stereocenters. The number of fused-ring (bicyclic) bond motifs is 2. The predicted octanol–water partition coefficient (Wildman–Crippen LogP) is 6.62. The molecule has 3 atom stereocenters. The van der Waals surface area contributed by atoms with E-state index in [0.29, 0.717) is 45.2 Å². The lowest BCUT2D eigenvalue weighted by Crippen LogP contribution is -2.48. The van der Waals surface area contributed by atoms with E-state index >= 15 is 4.39 Å². The first-order valence-electron chi connectivity index (χ1n) is 13.9. The van der Waals surface area contributed by atoms with E-state index in [4.69, 9.17) is 27.9 Å². The predicted molar refractivity (Wildman–Crippen MR) is 168 cm³/mol. The van der Waals surface area contributed by atoms with Crippen LogP contribution in [0, 0.1) is 11.2 Å². The molecule has 0 radical (unpaired) electrons. The average molecular weight is 628 g/mol. The molecule has 3 aromatic rings. The quantitative estimate of drug-likeness (QED) is 0.229. The summed E-state index contributed by atoms with van der Waals surface area (Å²) in [4.78, 5) is 39.9. The van der Waals surface area contributed by atoms with E-state index in [9.17, 15) is 14.4 Å². The van der Waals surface area contributed by atoms with E-state index in [1.807, 2.05) is 0 Å². The van der Waals surface area contributed by atoms with Gasteiger partial charge in [0.1, 0.15) is 5.82 Å². The number of nitrogens with one attached hydrogen (secondary N) is 4. The summed E-state index contributed by atoms with van der Waals surface area (Å²) in [6, 6.07) is 11.5. The Morgan fingerprint density at radius 2 is 1.84 bits per heavy atom. The van der Waals surface area contributed by atoms with Crippen molar-refractivity contribution in [1.82, 2.24) is 5.32 Å². The van der Waals surface area contributed by atoms with E-state index in [0.717, 1.165) is 0 Å². The molecule has 1 fully saturated rings. The normalized spacial score (nSPS) is 21.0. The van der Waals surface area contributed by atoms with Crippen molar-refractivity contribution in [3.05, 3.63) is 75.5 Å². The molecule has 0 saturated carbocycles. The molecule has 1 spiro atoms. The molecule has 8 nitrogen and oxygen atoms in total. The lowest BCUT2D eigenvalue weighted by atomic mass is 9.68. The summed E-state index contributed by atoms with van der Waals surface area (Å²) in [5, 5.41) is 12.6. The van der Waals surface area contributed by atoms with Crippen LogP contribution in [0.2, 0.25) is 10.0 Å². The molecule has 4 N–H and O–H groups in total. The van der Waals surface area contributed by atoms with Crippen LogP contribution in [0.25, 0.3) is 11.1 Å². The van der Waals surface area contributed by atoms with Crippen LogP contribution in [-0.2, 0) is 19.7 Å². The Hall–Kier alpha value is -3.66. The van der Waals surface area contributed by atoms with Crippen molar-refractivity contribution >= 4 is 58.0 Å². The minimum absolute atomic E-state index is 0.0517. The average Bonchev–Trinajstić information content (AvgIpc) is 3.45. The zero-order chi connectivity index (χ0) is 31.3. The lowest BCUT2D eigenvalue weighted by molar-refractivity contribution is -0.121. The highest BCUT2D eigenvalue weighted by Crippen LogP contribution is 2.54. The van der Waals surface area contributed by atoms with Crippen molar-refractivity contribution in [1.29, 1.82) is 0 Å². The van der Waals surface area contributed by atoms with Crippen molar-refractivity contribution in [2.24, 2.45) is 5.41 Å². The lowest BCUT2D eigenvalue weighted by Gasteiger charge is -2.34. The molecule has 2 amide bonds. The molecule has 0 aliphatic carbocycles. The number of amides is 2. The second-order valence-corrected chi connectivity index (χ2v) is 13.0. The fourth-order valence-corrected chi connectivity index (χ4v) is 6.62. The largest absolute Gasteiger partial charge is 0.465 e. The van der Waals surface area contributed by atoms with Crippen molar-refractivity contribution < 1.29 is 23.5 Å². The first-order chi connectivity index (χ1) is 20.3. The van der Waals surface area contributed by atoms with Gasteiger partial charge in [0.2, 0.25) is 11.8 Å². The van der Waals surface area contributed by atoms with Crippen molar-refractivity contribution in [3.8, 4) is 11.1 Å². The molecule has 0 aromatic heterocycles. The number of ether oxygens (including phenoxy) is 1. The third-order valence-corrected chi connectivity index (χ3v) is 8.58. The molecule has 2 aliphatic heterocycles. The van der Waals surface area contributed by atoms with Gasteiger partial charge in [-0.05, 0) is 60.2 Å². The highest BCUT2D eigenvalue weighted by Gasteiger charge is 2.60. The van der Waals surface area contributed by atoms with Gasteiger partial charge in [-0.25, -0.2) is 9.18 Å². The minimum atomic E-state index is -1.21. The van der Waals surface area contributed by atoms with Gasteiger partial charge in [-0.2, -0.15) is 0 Å². The summed E-state index contributed by atoms with van der Waals surface area (Å²) >= 11 is 12.6. The van der Waals surface area contributed by atoms with Crippen LogP contribution in [0.3, 0.4) is 0 Å². The maximum atomic E-state index is 15.5. The number of hydrogen-bond donors (Lipinski definition) is 4. The summed E-state index contributed by atoms with van der Waals surface area (Å²) < 4.78 is 20.3. The van der Waals surface area contributed by atoms with Crippen LogP contribution in [0.15, 0.2) is 48.5 Å². The fraction of sp³-hybridized carbons (Fsp3) is 0.344. The number of carbonyl (C=O) groups excluding carboxylic acids is 3. The van der Waals surface area contributed by atoms with Crippen LogP contribution in [0.5, 0.6) is 0 Å². The number of anilines is 3. The Morgan fingerprint density at radius 3 is 2.51 bits per heavy atom. The van der Waals surface area contributed by atoms with Gasteiger partial charge in [0.05, 0.1) is 40.5 Å². The second kappa shape index (κ2) is 11.4. The molecule has 1 saturated heterocycles. The zero-order valence-corrected chi connectivity index (χ0v) is 26.0. The molecule has 0 bridgehead atoms. The van der Waals surface area contributed by atoms with Gasteiger partial charge in [-0.3, -0.25) is 9.59 Å². The first-order valence-corrected chi connectivity index (χ1v) is 14.6. The van der Waals surface area contributed by atoms with Crippen LogP contribution < -0.4 is 21.3 Å². The molecular formula is C32H33Cl2FN4O4. The monoisotopic (exact) mass is 626 g/mol. The van der Waals surface area contributed by atoms with E-state index in [-0.39, 0.29) is 34.2 Å². The van der Waals surface area contributed by atoms with Crippen LogP contribution in [0.4, 0.5) is 21.5 Å². The van der Waals surface area contributed by atoms with Crippen LogP contribution in [0.1, 0.15) is 49.5 Å². The van der Waals surface area contributed by atoms with Gasteiger partial charge in [0.25, 0.3) is 0 Å². The third-order valence-electron chi connectivity index (χ3n) is 8.07. The molecule has 226 valence electrons. The summed E-state index contributed by atoms with van der Waals surface area (Å²) in [6.45, 7) is 6.18. The summed E-state index contributed by atoms with van der Waals surface area (Å²) in [7, 11) is 2.97. The van der Waals surface area contributed by atoms with Gasteiger partial charge in [0, 0.05) is 34.9 Å².